The number of carbonyl (C=O) groups is 1. The zero-order chi connectivity index (χ0) is 16.7. The summed E-state index contributed by atoms with van der Waals surface area (Å²) in [5, 5.41) is 9.83. The molecule has 2 aliphatic rings. The first-order valence-corrected chi connectivity index (χ1v) is 8.62. The Kier molecular flexibility index (Phi) is 3.88. The van der Waals surface area contributed by atoms with Crippen molar-refractivity contribution in [1.82, 2.24) is 9.88 Å². The number of oxazole rings is 1. The van der Waals surface area contributed by atoms with Gasteiger partial charge in [-0.1, -0.05) is 24.6 Å². The van der Waals surface area contributed by atoms with Crippen LogP contribution in [0.5, 0.6) is 0 Å². The van der Waals surface area contributed by atoms with Crippen LogP contribution in [0, 0.1) is 6.92 Å². The largest absolute Gasteiger partial charge is 0.480 e. The van der Waals surface area contributed by atoms with Gasteiger partial charge in [0, 0.05) is 19.0 Å². The molecule has 126 valence electrons. The van der Waals surface area contributed by atoms with Crippen LogP contribution in [0.1, 0.15) is 59.4 Å². The summed E-state index contributed by atoms with van der Waals surface area (Å²) in [5.74, 6) is 0.626. The first-order chi connectivity index (χ1) is 11.6. The van der Waals surface area contributed by atoms with Crippen LogP contribution in [0.2, 0.25) is 0 Å². The summed E-state index contributed by atoms with van der Waals surface area (Å²) in [5.41, 5.74) is 4.18. The average Bonchev–Trinajstić information content (AvgIpc) is 2.93. The van der Waals surface area contributed by atoms with Crippen molar-refractivity contribution in [2.24, 2.45) is 0 Å². The van der Waals surface area contributed by atoms with Crippen molar-refractivity contribution in [3.8, 4) is 0 Å². The smallest absolute Gasteiger partial charge is 0.325 e. The number of hydrogen-bond acceptors (Lipinski definition) is 4. The molecule has 1 aliphatic heterocycles. The molecule has 1 N–H and O–H groups in total. The van der Waals surface area contributed by atoms with Crippen LogP contribution < -0.4 is 0 Å². The molecule has 0 spiro atoms. The molecule has 0 amide bonds. The second-order valence-corrected chi connectivity index (χ2v) is 6.90. The lowest BCUT2D eigenvalue weighted by Gasteiger charge is -2.35. The van der Waals surface area contributed by atoms with Gasteiger partial charge in [-0.15, -0.1) is 0 Å². The van der Waals surface area contributed by atoms with E-state index in [4.69, 9.17) is 4.42 Å². The molecule has 5 nitrogen and oxygen atoms in total. The van der Waals surface area contributed by atoms with E-state index in [1.165, 1.54) is 23.9 Å². The summed E-state index contributed by atoms with van der Waals surface area (Å²) < 4.78 is 5.61. The third kappa shape index (κ3) is 2.53. The third-order valence-electron chi connectivity index (χ3n) is 5.49. The summed E-state index contributed by atoms with van der Waals surface area (Å²) in [4.78, 5) is 18.4. The molecule has 1 aliphatic carbocycles. The van der Waals surface area contributed by atoms with Crippen molar-refractivity contribution in [2.45, 2.75) is 51.1 Å². The van der Waals surface area contributed by atoms with Gasteiger partial charge < -0.3 is 9.52 Å². The van der Waals surface area contributed by atoms with Crippen LogP contribution in [0.3, 0.4) is 0 Å². The predicted octanol–water partition coefficient (Wildman–Crippen LogP) is 3.43. The van der Waals surface area contributed by atoms with Crippen molar-refractivity contribution in [1.29, 1.82) is 0 Å². The van der Waals surface area contributed by atoms with E-state index in [2.05, 4.69) is 18.0 Å². The van der Waals surface area contributed by atoms with Crippen molar-refractivity contribution in [2.75, 3.05) is 6.54 Å². The highest BCUT2D eigenvalue weighted by Crippen LogP contribution is 2.39. The van der Waals surface area contributed by atoms with Crippen molar-refractivity contribution >= 4 is 5.97 Å². The second-order valence-electron chi connectivity index (χ2n) is 6.90. The molecule has 24 heavy (non-hydrogen) atoms. The molecule has 1 fully saturated rings. The topological polar surface area (TPSA) is 66.6 Å². The molecule has 1 atom stereocenters. The van der Waals surface area contributed by atoms with E-state index in [1.54, 1.807) is 0 Å². The lowest BCUT2D eigenvalue weighted by atomic mass is 9.82. The molecule has 1 aromatic carbocycles. The Bertz CT molecular complexity index is 764. The van der Waals surface area contributed by atoms with Gasteiger partial charge in [0.1, 0.15) is 11.8 Å². The number of fused-ring (bicyclic) bond motifs is 1. The third-order valence-corrected chi connectivity index (χ3v) is 5.49. The van der Waals surface area contributed by atoms with Crippen LogP contribution in [-0.4, -0.2) is 27.5 Å². The highest BCUT2D eigenvalue weighted by Gasteiger charge is 2.35. The van der Waals surface area contributed by atoms with Gasteiger partial charge in [0.05, 0.1) is 5.69 Å². The SMILES string of the molecule is Cc1cccc2c1CCN(Cc1ncoc1C1CCC1)C2C(=O)O. The molecule has 1 unspecified atom stereocenters. The fourth-order valence-corrected chi connectivity index (χ4v) is 3.96. The van der Waals surface area contributed by atoms with E-state index < -0.39 is 12.0 Å². The fraction of sp³-hybridized carbons (Fsp3) is 0.474. The maximum absolute atomic E-state index is 12.0. The van der Waals surface area contributed by atoms with Crippen molar-refractivity contribution < 1.29 is 14.3 Å². The Morgan fingerprint density at radius 1 is 1.42 bits per heavy atom. The number of carboxylic acid groups (broad SMARTS) is 1. The molecule has 2 aromatic rings. The highest BCUT2D eigenvalue weighted by molar-refractivity contribution is 5.76. The number of rotatable bonds is 4. The molecule has 0 radical (unpaired) electrons. The van der Waals surface area contributed by atoms with Gasteiger partial charge >= 0.3 is 5.97 Å². The minimum Gasteiger partial charge on any atom is -0.480 e. The minimum absolute atomic E-state index is 0.463. The highest BCUT2D eigenvalue weighted by atomic mass is 16.4. The number of hydrogen-bond donors (Lipinski definition) is 1. The summed E-state index contributed by atoms with van der Waals surface area (Å²) in [6.07, 6.45) is 5.90. The Balaban J connectivity index is 1.64. The molecule has 0 bridgehead atoms. The molecule has 2 heterocycles. The first kappa shape index (κ1) is 15.4. The van der Waals surface area contributed by atoms with Gasteiger partial charge in [-0.25, -0.2) is 4.98 Å². The van der Waals surface area contributed by atoms with Gasteiger partial charge in [0.2, 0.25) is 0 Å². The van der Waals surface area contributed by atoms with E-state index >= 15 is 0 Å². The maximum atomic E-state index is 12.0. The molecule has 0 saturated heterocycles. The minimum atomic E-state index is -0.796. The fourth-order valence-electron chi connectivity index (χ4n) is 3.96. The first-order valence-electron chi connectivity index (χ1n) is 8.62. The Labute approximate surface area is 141 Å². The van der Waals surface area contributed by atoms with Gasteiger partial charge in [0.25, 0.3) is 0 Å². The van der Waals surface area contributed by atoms with E-state index in [0.717, 1.165) is 42.8 Å². The number of aliphatic carboxylic acids is 1. The van der Waals surface area contributed by atoms with E-state index in [-0.39, 0.29) is 0 Å². The van der Waals surface area contributed by atoms with Crippen LogP contribution in [0.15, 0.2) is 29.0 Å². The zero-order valence-electron chi connectivity index (χ0n) is 13.9. The lowest BCUT2D eigenvalue weighted by molar-refractivity contribution is -0.144. The normalized spacial score (nSPS) is 21.3. The Morgan fingerprint density at radius 2 is 2.25 bits per heavy atom. The van der Waals surface area contributed by atoms with Crippen molar-refractivity contribution in [3.63, 3.8) is 0 Å². The van der Waals surface area contributed by atoms with Crippen molar-refractivity contribution in [3.05, 3.63) is 52.7 Å². The Hall–Kier alpha value is -2.14. The summed E-state index contributed by atoms with van der Waals surface area (Å²) >= 11 is 0. The molecular weight excluding hydrogens is 304 g/mol. The summed E-state index contributed by atoms with van der Waals surface area (Å²) in [7, 11) is 0. The second kappa shape index (κ2) is 6.06. The number of aromatic nitrogens is 1. The number of nitrogens with zero attached hydrogens (tertiary/aromatic N) is 2. The van der Waals surface area contributed by atoms with Gasteiger partial charge in [-0.05, 0) is 42.9 Å². The van der Waals surface area contributed by atoms with Crippen LogP contribution in [0.4, 0.5) is 0 Å². The summed E-state index contributed by atoms with van der Waals surface area (Å²) in [6, 6.07) is 5.34. The monoisotopic (exact) mass is 326 g/mol. The molecular formula is C19H22N2O3. The lowest BCUT2D eigenvalue weighted by Crippen LogP contribution is -2.39. The molecule has 5 heteroatoms. The van der Waals surface area contributed by atoms with Gasteiger partial charge in [-0.2, -0.15) is 0 Å². The summed E-state index contributed by atoms with van der Waals surface area (Å²) in [6.45, 7) is 3.32. The molecule has 1 aromatic heterocycles. The quantitative estimate of drug-likeness (QED) is 0.932. The number of carboxylic acids is 1. The number of aryl methyl sites for hydroxylation is 1. The molecule has 4 rings (SSSR count). The maximum Gasteiger partial charge on any atom is 0.325 e. The van der Waals surface area contributed by atoms with E-state index in [0.29, 0.717) is 12.5 Å². The van der Waals surface area contributed by atoms with E-state index in [9.17, 15) is 9.90 Å². The van der Waals surface area contributed by atoms with Crippen LogP contribution in [-0.2, 0) is 17.8 Å². The van der Waals surface area contributed by atoms with Crippen LogP contribution >= 0.6 is 0 Å². The average molecular weight is 326 g/mol. The van der Waals surface area contributed by atoms with Gasteiger partial charge in [-0.3, -0.25) is 9.69 Å². The standard InChI is InChI=1S/C19H22N2O3/c1-12-4-2-7-15-14(12)8-9-21(17(15)19(22)23)10-16-18(24-11-20-16)13-5-3-6-13/h2,4,7,11,13,17H,3,5-6,8-10H2,1H3,(H,22,23). The molecule has 1 saturated carbocycles. The predicted molar refractivity (Wildman–Crippen MR) is 88.8 cm³/mol. The Morgan fingerprint density at radius 3 is 2.96 bits per heavy atom. The van der Waals surface area contributed by atoms with E-state index in [1.807, 2.05) is 17.0 Å². The van der Waals surface area contributed by atoms with Crippen LogP contribution in [0.25, 0.3) is 0 Å². The number of benzene rings is 1. The van der Waals surface area contributed by atoms with Gasteiger partial charge in [0.15, 0.2) is 6.39 Å². The zero-order valence-corrected chi connectivity index (χ0v) is 13.9.